The Labute approximate surface area is 102 Å². The summed E-state index contributed by atoms with van der Waals surface area (Å²) in [6.07, 6.45) is 2.67. The van der Waals surface area contributed by atoms with E-state index < -0.39 is 15.6 Å². The summed E-state index contributed by atoms with van der Waals surface area (Å²) in [5.74, 6) is 0. The Balaban J connectivity index is 2.15. The molecule has 0 heterocycles. The molecule has 0 fully saturated rings. The fraction of sp³-hybridized carbons (Fsp3) is 0.500. The average molecular weight is 255 g/mol. The number of methoxy groups -OCH3 is 1. The van der Waals surface area contributed by atoms with Gasteiger partial charge in [-0.05, 0) is 11.1 Å². The van der Waals surface area contributed by atoms with E-state index in [1.165, 1.54) is 17.4 Å². The maximum Gasteiger partial charge on any atom is 0.208 e. The second-order valence-corrected chi connectivity index (χ2v) is 6.44. The monoisotopic (exact) mass is 255 g/mol. The minimum absolute atomic E-state index is 0.316. The molecular weight excluding hydrogens is 238 g/mol. The Hall–Kier alpha value is -0.910. The number of rotatable bonds is 4. The first-order valence-electron chi connectivity index (χ1n) is 5.51. The molecule has 1 aliphatic carbocycles. The van der Waals surface area contributed by atoms with Crippen LogP contribution in [0.2, 0.25) is 0 Å². The Morgan fingerprint density at radius 1 is 1.29 bits per heavy atom. The molecule has 5 heteroatoms. The maximum atomic E-state index is 11.2. The molecule has 1 aromatic carbocycles. The molecular formula is C12H17NO3S. The lowest BCUT2D eigenvalue weighted by atomic mass is 10.0. The Bertz CT molecular complexity index is 485. The zero-order valence-electron chi connectivity index (χ0n) is 10.1. The van der Waals surface area contributed by atoms with E-state index in [9.17, 15) is 8.42 Å². The highest BCUT2D eigenvalue weighted by Gasteiger charge is 2.37. The number of fused-ring (bicyclic) bond motifs is 1. The summed E-state index contributed by atoms with van der Waals surface area (Å²) in [5, 5.41) is 0. The van der Waals surface area contributed by atoms with Crippen molar-refractivity contribution in [3.05, 3.63) is 35.4 Å². The minimum atomic E-state index is -3.18. The second kappa shape index (κ2) is 4.40. The van der Waals surface area contributed by atoms with Gasteiger partial charge in [0.1, 0.15) is 0 Å². The van der Waals surface area contributed by atoms with Crippen LogP contribution in [0.15, 0.2) is 24.3 Å². The molecule has 0 aromatic heterocycles. The SMILES string of the molecule is COC1(CNS(C)(=O)=O)Cc2ccccc2C1. The van der Waals surface area contributed by atoms with E-state index in [0.29, 0.717) is 6.54 Å². The smallest absolute Gasteiger partial charge is 0.208 e. The molecule has 0 spiro atoms. The summed E-state index contributed by atoms with van der Waals surface area (Å²) in [7, 11) is -1.54. The van der Waals surface area contributed by atoms with Crippen molar-refractivity contribution in [3.63, 3.8) is 0 Å². The number of sulfonamides is 1. The number of hydrogen-bond acceptors (Lipinski definition) is 3. The zero-order chi connectivity index (χ0) is 12.5. The van der Waals surface area contributed by atoms with Gasteiger partial charge in [0.05, 0.1) is 11.9 Å². The first kappa shape index (κ1) is 12.5. The first-order chi connectivity index (χ1) is 7.94. The fourth-order valence-corrected chi connectivity index (χ4v) is 2.79. The molecule has 0 atom stereocenters. The van der Waals surface area contributed by atoms with Crippen LogP contribution in [0.25, 0.3) is 0 Å². The predicted molar refractivity (Wildman–Crippen MR) is 66.4 cm³/mol. The van der Waals surface area contributed by atoms with Crippen LogP contribution >= 0.6 is 0 Å². The number of benzene rings is 1. The molecule has 0 amide bonds. The zero-order valence-corrected chi connectivity index (χ0v) is 10.9. The van der Waals surface area contributed by atoms with E-state index in [0.717, 1.165) is 12.8 Å². The first-order valence-corrected chi connectivity index (χ1v) is 7.40. The summed E-state index contributed by atoms with van der Waals surface area (Å²) >= 11 is 0. The lowest BCUT2D eigenvalue weighted by molar-refractivity contribution is 0.00381. The predicted octanol–water partition coefficient (Wildman–Crippen LogP) is 0.720. The van der Waals surface area contributed by atoms with Gasteiger partial charge in [0.15, 0.2) is 0 Å². The summed E-state index contributed by atoms with van der Waals surface area (Å²) in [4.78, 5) is 0. The van der Waals surface area contributed by atoms with E-state index in [1.54, 1.807) is 7.11 Å². The van der Waals surface area contributed by atoms with E-state index in [1.807, 2.05) is 12.1 Å². The van der Waals surface area contributed by atoms with Crippen molar-refractivity contribution in [1.29, 1.82) is 0 Å². The molecule has 0 aliphatic heterocycles. The van der Waals surface area contributed by atoms with E-state index in [4.69, 9.17) is 4.74 Å². The molecule has 2 rings (SSSR count). The van der Waals surface area contributed by atoms with Crippen LogP contribution in [-0.4, -0.2) is 33.9 Å². The molecule has 94 valence electrons. The van der Waals surface area contributed by atoms with Crippen molar-refractivity contribution < 1.29 is 13.2 Å². The highest BCUT2D eigenvalue weighted by molar-refractivity contribution is 7.88. The van der Waals surface area contributed by atoms with Gasteiger partial charge in [-0.3, -0.25) is 0 Å². The summed E-state index contributed by atoms with van der Waals surface area (Å²) in [5.41, 5.74) is 2.04. The third kappa shape index (κ3) is 2.86. The second-order valence-electron chi connectivity index (χ2n) is 4.60. The van der Waals surface area contributed by atoms with Gasteiger partial charge in [-0.1, -0.05) is 24.3 Å². The molecule has 17 heavy (non-hydrogen) atoms. The Kier molecular flexibility index (Phi) is 3.25. The van der Waals surface area contributed by atoms with Crippen LogP contribution in [0, 0.1) is 0 Å². The van der Waals surface area contributed by atoms with Crippen molar-refractivity contribution in [2.45, 2.75) is 18.4 Å². The molecule has 0 saturated heterocycles. The third-order valence-corrected chi connectivity index (χ3v) is 3.90. The van der Waals surface area contributed by atoms with Gasteiger partial charge in [0.25, 0.3) is 0 Å². The quantitative estimate of drug-likeness (QED) is 0.862. The van der Waals surface area contributed by atoms with Gasteiger partial charge in [0.2, 0.25) is 10.0 Å². The maximum absolute atomic E-state index is 11.2. The van der Waals surface area contributed by atoms with Crippen LogP contribution in [0.3, 0.4) is 0 Å². The van der Waals surface area contributed by atoms with Crippen molar-refractivity contribution in [3.8, 4) is 0 Å². The Morgan fingerprint density at radius 3 is 2.24 bits per heavy atom. The number of ether oxygens (including phenoxy) is 1. The van der Waals surface area contributed by atoms with E-state index in [2.05, 4.69) is 16.9 Å². The number of nitrogens with one attached hydrogen (secondary N) is 1. The lowest BCUT2D eigenvalue weighted by Gasteiger charge is -2.27. The molecule has 1 N–H and O–H groups in total. The van der Waals surface area contributed by atoms with Gasteiger partial charge >= 0.3 is 0 Å². The van der Waals surface area contributed by atoms with Crippen molar-refractivity contribution in [2.24, 2.45) is 0 Å². The third-order valence-electron chi connectivity index (χ3n) is 3.23. The minimum Gasteiger partial charge on any atom is -0.376 e. The molecule has 0 unspecified atom stereocenters. The van der Waals surface area contributed by atoms with Gasteiger partial charge in [-0.2, -0.15) is 0 Å². The van der Waals surface area contributed by atoms with Gasteiger partial charge < -0.3 is 4.74 Å². The standard InChI is InChI=1S/C12H17NO3S/c1-16-12(9-13-17(2,14)15)7-10-5-3-4-6-11(10)8-12/h3-6,13H,7-9H2,1-2H3. The van der Waals surface area contributed by atoms with E-state index in [-0.39, 0.29) is 0 Å². The van der Waals surface area contributed by atoms with Crippen LogP contribution in [0.4, 0.5) is 0 Å². The number of hydrogen-bond donors (Lipinski definition) is 1. The molecule has 4 nitrogen and oxygen atoms in total. The van der Waals surface area contributed by atoms with E-state index >= 15 is 0 Å². The van der Waals surface area contributed by atoms with Crippen molar-refractivity contribution in [2.75, 3.05) is 19.9 Å². The topological polar surface area (TPSA) is 55.4 Å². The average Bonchev–Trinajstić information content (AvgIpc) is 2.65. The van der Waals surface area contributed by atoms with Crippen LogP contribution in [0.1, 0.15) is 11.1 Å². The van der Waals surface area contributed by atoms with Crippen LogP contribution < -0.4 is 4.72 Å². The molecule has 1 aliphatic rings. The van der Waals surface area contributed by atoms with Crippen molar-refractivity contribution >= 4 is 10.0 Å². The van der Waals surface area contributed by atoms with Crippen LogP contribution in [0.5, 0.6) is 0 Å². The molecule has 0 radical (unpaired) electrons. The Morgan fingerprint density at radius 2 is 1.82 bits per heavy atom. The highest BCUT2D eigenvalue weighted by atomic mass is 32.2. The largest absolute Gasteiger partial charge is 0.376 e. The molecule has 1 aromatic rings. The van der Waals surface area contributed by atoms with Gasteiger partial charge in [-0.25, -0.2) is 13.1 Å². The highest BCUT2D eigenvalue weighted by Crippen LogP contribution is 2.32. The van der Waals surface area contributed by atoms with Crippen LogP contribution in [-0.2, 0) is 27.6 Å². The summed E-state index contributed by atoms with van der Waals surface area (Å²) in [6.45, 7) is 0.316. The summed E-state index contributed by atoms with van der Waals surface area (Å²) in [6, 6.07) is 8.12. The van der Waals surface area contributed by atoms with Gasteiger partial charge in [0, 0.05) is 26.5 Å². The fourth-order valence-electron chi connectivity index (χ4n) is 2.26. The lowest BCUT2D eigenvalue weighted by Crippen LogP contribution is -2.44. The molecule has 0 saturated carbocycles. The normalized spacial score (nSPS) is 18.0. The van der Waals surface area contributed by atoms with Crippen molar-refractivity contribution in [1.82, 2.24) is 4.72 Å². The summed E-state index contributed by atoms with van der Waals surface area (Å²) < 4.78 is 30.4. The molecule has 0 bridgehead atoms. The van der Waals surface area contributed by atoms with Gasteiger partial charge in [-0.15, -0.1) is 0 Å².